The van der Waals surface area contributed by atoms with Crippen LogP contribution in [0.5, 0.6) is 5.75 Å². The molecule has 2 aromatic rings. The summed E-state index contributed by atoms with van der Waals surface area (Å²) in [5, 5.41) is 2.90. The van der Waals surface area contributed by atoms with Crippen molar-refractivity contribution in [3.05, 3.63) is 60.4 Å². The molecular weight excluding hydrogens is 358 g/mol. The van der Waals surface area contributed by atoms with Crippen molar-refractivity contribution < 1.29 is 19.1 Å². The molecule has 2 aliphatic heterocycles. The Morgan fingerprint density at radius 3 is 2.64 bits per heavy atom. The molecule has 2 saturated heterocycles. The predicted octanol–water partition coefficient (Wildman–Crippen LogP) is 1.71. The van der Waals surface area contributed by atoms with E-state index in [1.54, 1.807) is 17.3 Å². The second-order valence-corrected chi connectivity index (χ2v) is 7.02. The number of hydrogen-bond donors (Lipinski definition) is 1. The highest BCUT2D eigenvalue weighted by atomic mass is 16.5. The summed E-state index contributed by atoms with van der Waals surface area (Å²) in [5.74, 6) is 0.449. The van der Waals surface area contributed by atoms with Gasteiger partial charge in [0.2, 0.25) is 5.91 Å². The highest BCUT2D eigenvalue weighted by molar-refractivity contribution is 5.86. The summed E-state index contributed by atoms with van der Waals surface area (Å²) < 4.78 is 11.6. The Labute approximate surface area is 163 Å². The van der Waals surface area contributed by atoms with Crippen molar-refractivity contribution in [2.24, 2.45) is 0 Å². The standard InChI is InChI=1S/C21H23N3O4/c25-18-14-27-20(19(23-18)15-5-2-1-3-6-15)21(26)24-11-8-16(9-12-24)28-17-7-4-10-22-13-17/h1-7,10,13,16,19-20H,8-9,11-12,14H2,(H,23,25)/t19-,20+/m1/s1. The number of ether oxygens (including phenoxy) is 2. The van der Waals surface area contributed by atoms with Crippen molar-refractivity contribution in [3.8, 4) is 5.75 Å². The third-order valence-electron chi connectivity index (χ3n) is 5.11. The number of nitrogens with zero attached hydrogens (tertiary/aromatic N) is 2. The normalized spacial score (nSPS) is 23.1. The Kier molecular flexibility index (Phi) is 5.53. The molecule has 0 bridgehead atoms. The molecule has 1 aromatic heterocycles. The highest BCUT2D eigenvalue weighted by Gasteiger charge is 2.39. The number of carbonyl (C=O) groups is 2. The summed E-state index contributed by atoms with van der Waals surface area (Å²) in [6.07, 6.45) is 4.24. The van der Waals surface area contributed by atoms with Crippen molar-refractivity contribution in [2.75, 3.05) is 19.7 Å². The molecular formula is C21H23N3O4. The van der Waals surface area contributed by atoms with Crippen LogP contribution >= 0.6 is 0 Å². The molecule has 2 amide bonds. The van der Waals surface area contributed by atoms with Crippen LogP contribution in [0.25, 0.3) is 0 Å². The average molecular weight is 381 g/mol. The first-order chi connectivity index (χ1) is 13.7. The lowest BCUT2D eigenvalue weighted by Gasteiger charge is -2.38. The Bertz CT molecular complexity index is 807. The van der Waals surface area contributed by atoms with Gasteiger partial charge >= 0.3 is 0 Å². The minimum absolute atomic E-state index is 0.0603. The van der Waals surface area contributed by atoms with Crippen molar-refractivity contribution in [2.45, 2.75) is 31.1 Å². The fourth-order valence-electron chi connectivity index (χ4n) is 3.67. The zero-order valence-corrected chi connectivity index (χ0v) is 15.5. The first kappa shape index (κ1) is 18.4. The molecule has 0 unspecified atom stereocenters. The molecule has 4 rings (SSSR count). The minimum atomic E-state index is -0.712. The SMILES string of the molecule is O=C1CO[C@H](C(=O)N2CCC(Oc3cccnc3)CC2)[C@@H](c2ccccc2)N1. The quantitative estimate of drug-likeness (QED) is 0.872. The number of aromatic nitrogens is 1. The maximum absolute atomic E-state index is 13.1. The Morgan fingerprint density at radius 2 is 1.93 bits per heavy atom. The number of piperidine rings is 1. The first-order valence-corrected chi connectivity index (χ1v) is 9.52. The zero-order chi connectivity index (χ0) is 19.3. The van der Waals surface area contributed by atoms with Gasteiger partial charge in [0.05, 0.1) is 12.2 Å². The summed E-state index contributed by atoms with van der Waals surface area (Å²) in [7, 11) is 0. The van der Waals surface area contributed by atoms with E-state index < -0.39 is 12.1 Å². The van der Waals surface area contributed by atoms with Gasteiger partial charge in [0, 0.05) is 32.1 Å². The lowest BCUT2D eigenvalue weighted by Crippen LogP contribution is -2.55. The van der Waals surface area contributed by atoms with E-state index in [4.69, 9.17) is 9.47 Å². The molecule has 2 aliphatic rings. The smallest absolute Gasteiger partial charge is 0.254 e. The third kappa shape index (κ3) is 4.14. The summed E-state index contributed by atoms with van der Waals surface area (Å²) in [6, 6.07) is 12.7. The van der Waals surface area contributed by atoms with E-state index in [9.17, 15) is 9.59 Å². The molecule has 1 aromatic carbocycles. The Hall–Kier alpha value is -2.93. The van der Waals surface area contributed by atoms with Gasteiger partial charge in [-0.25, -0.2) is 0 Å². The van der Waals surface area contributed by atoms with E-state index in [0.717, 1.165) is 24.2 Å². The Balaban J connectivity index is 1.39. The number of amides is 2. The van der Waals surface area contributed by atoms with Gasteiger partial charge in [-0.3, -0.25) is 14.6 Å². The average Bonchev–Trinajstić information content (AvgIpc) is 2.75. The van der Waals surface area contributed by atoms with Gasteiger partial charge in [0.1, 0.15) is 18.5 Å². The van der Waals surface area contributed by atoms with Crippen LogP contribution in [-0.4, -0.2) is 53.6 Å². The van der Waals surface area contributed by atoms with Crippen LogP contribution < -0.4 is 10.1 Å². The van der Waals surface area contributed by atoms with E-state index in [2.05, 4.69) is 10.3 Å². The molecule has 0 saturated carbocycles. The molecule has 1 N–H and O–H groups in total. The number of rotatable bonds is 4. The van der Waals surface area contributed by atoms with Crippen LogP contribution in [0.2, 0.25) is 0 Å². The van der Waals surface area contributed by atoms with Crippen molar-refractivity contribution in [3.63, 3.8) is 0 Å². The molecule has 7 heteroatoms. The number of likely N-dealkylation sites (tertiary alicyclic amines) is 1. The largest absolute Gasteiger partial charge is 0.489 e. The number of carbonyl (C=O) groups excluding carboxylic acids is 2. The molecule has 0 spiro atoms. The number of pyridine rings is 1. The van der Waals surface area contributed by atoms with E-state index in [1.807, 2.05) is 42.5 Å². The zero-order valence-electron chi connectivity index (χ0n) is 15.5. The van der Waals surface area contributed by atoms with E-state index in [0.29, 0.717) is 13.1 Å². The molecule has 2 fully saturated rings. The number of benzene rings is 1. The van der Waals surface area contributed by atoms with Crippen molar-refractivity contribution in [1.29, 1.82) is 0 Å². The Morgan fingerprint density at radius 1 is 1.14 bits per heavy atom. The summed E-state index contributed by atoms with van der Waals surface area (Å²) in [6.45, 7) is 1.10. The monoisotopic (exact) mass is 381 g/mol. The van der Waals surface area contributed by atoms with E-state index in [-0.39, 0.29) is 24.5 Å². The van der Waals surface area contributed by atoms with Gasteiger partial charge in [-0.2, -0.15) is 0 Å². The fourth-order valence-corrected chi connectivity index (χ4v) is 3.67. The van der Waals surface area contributed by atoms with Gasteiger partial charge in [0.25, 0.3) is 5.91 Å². The van der Waals surface area contributed by atoms with Crippen molar-refractivity contribution >= 4 is 11.8 Å². The van der Waals surface area contributed by atoms with Crippen LogP contribution in [0.4, 0.5) is 0 Å². The molecule has 146 valence electrons. The molecule has 2 atom stereocenters. The minimum Gasteiger partial charge on any atom is -0.489 e. The van der Waals surface area contributed by atoms with E-state index in [1.165, 1.54) is 0 Å². The summed E-state index contributed by atoms with van der Waals surface area (Å²) >= 11 is 0. The maximum Gasteiger partial charge on any atom is 0.254 e. The van der Waals surface area contributed by atoms with Crippen LogP contribution in [0.3, 0.4) is 0 Å². The topological polar surface area (TPSA) is 80.8 Å². The number of nitrogens with one attached hydrogen (secondary N) is 1. The fraction of sp³-hybridized carbons (Fsp3) is 0.381. The summed E-state index contributed by atoms with van der Waals surface area (Å²) in [5.41, 5.74) is 0.865. The van der Waals surface area contributed by atoms with Gasteiger partial charge in [-0.05, 0) is 17.7 Å². The third-order valence-corrected chi connectivity index (χ3v) is 5.11. The van der Waals surface area contributed by atoms with Crippen LogP contribution in [0.1, 0.15) is 24.4 Å². The second-order valence-electron chi connectivity index (χ2n) is 7.02. The number of morpholine rings is 1. The highest BCUT2D eigenvalue weighted by Crippen LogP contribution is 2.26. The van der Waals surface area contributed by atoms with Gasteiger partial charge in [-0.1, -0.05) is 30.3 Å². The molecule has 0 radical (unpaired) electrons. The van der Waals surface area contributed by atoms with Gasteiger partial charge in [0.15, 0.2) is 6.10 Å². The maximum atomic E-state index is 13.1. The van der Waals surface area contributed by atoms with Crippen molar-refractivity contribution in [1.82, 2.24) is 15.2 Å². The van der Waals surface area contributed by atoms with Gasteiger partial charge < -0.3 is 19.7 Å². The molecule has 0 aliphatic carbocycles. The molecule has 28 heavy (non-hydrogen) atoms. The molecule has 7 nitrogen and oxygen atoms in total. The van der Waals surface area contributed by atoms with Crippen LogP contribution in [0, 0.1) is 0 Å². The van der Waals surface area contributed by atoms with Crippen LogP contribution in [0.15, 0.2) is 54.9 Å². The molecule has 3 heterocycles. The summed E-state index contributed by atoms with van der Waals surface area (Å²) in [4.78, 5) is 30.8. The first-order valence-electron chi connectivity index (χ1n) is 9.52. The van der Waals surface area contributed by atoms with Gasteiger partial charge in [-0.15, -0.1) is 0 Å². The lowest BCUT2D eigenvalue weighted by atomic mass is 9.97. The lowest BCUT2D eigenvalue weighted by molar-refractivity contribution is -0.156. The predicted molar refractivity (Wildman–Crippen MR) is 102 cm³/mol. The number of hydrogen-bond acceptors (Lipinski definition) is 5. The van der Waals surface area contributed by atoms with E-state index >= 15 is 0 Å². The second kappa shape index (κ2) is 8.39. The van der Waals surface area contributed by atoms with Crippen LogP contribution in [-0.2, 0) is 14.3 Å².